The first kappa shape index (κ1) is 20.1. The zero-order valence-electron chi connectivity index (χ0n) is 17.0. The molecule has 3 aromatic carbocycles. The third-order valence-electron chi connectivity index (χ3n) is 4.64. The number of anilines is 1. The molecule has 0 atom stereocenters. The molecule has 1 heterocycles. The highest BCUT2D eigenvalue weighted by molar-refractivity contribution is 6.02. The van der Waals surface area contributed by atoms with Crippen LogP contribution >= 0.6 is 0 Å². The third kappa shape index (κ3) is 5.25. The van der Waals surface area contributed by atoms with Crippen LogP contribution in [0.15, 0.2) is 95.8 Å². The largest absolute Gasteiger partial charge is 0.457 e. The zero-order chi connectivity index (χ0) is 21.6. The van der Waals surface area contributed by atoms with Crippen LogP contribution in [0.5, 0.6) is 11.5 Å². The molecule has 0 saturated heterocycles. The summed E-state index contributed by atoms with van der Waals surface area (Å²) in [7, 11) is 0. The van der Waals surface area contributed by atoms with Gasteiger partial charge in [-0.25, -0.2) is 4.68 Å². The Morgan fingerprint density at radius 3 is 2.19 bits per heavy atom. The number of hydrogen-bond donors (Lipinski definition) is 1. The van der Waals surface area contributed by atoms with Crippen LogP contribution in [0.3, 0.4) is 0 Å². The molecule has 4 rings (SSSR count). The molecule has 0 aliphatic heterocycles. The first-order valence-electron chi connectivity index (χ1n) is 9.85. The van der Waals surface area contributed by atoms with E-state index in [-0.39, 0.29) is 11.3 Å². The third-order valence-corrected chi connectivity index (χ3v) is 4.64. The minimum absolute atomic E-state index is 0.163. The zero-order valence-corrected chi connectivity index (χ0v) is 17.0. The van der Waals surface area contributed by atoms with Crippen molar-refractivity contribution in [3.63, 3.8) is 0 Å². The van der Waals surface area contributed by atoms with E-state index < -0.39 is 5.91 Å². The Kier molecular flexibility index (Phi) is 5.89. The van der Waals surface area contributed by atoms with Crippen LogP contribution in [0.2, 0.25) is 0 Å². The van der Waals surface area contributed by atoms with Gasteiger partial charge in [0.2, 0.25) is 0 Å². The number of aryl methyl sites for hydroxylation is 1. The summed E-state index contributed by atoms with van der Waals surface area (Å²) in [6.45, 7) is 2.32. The molecule has 1 aromatic heterocycles. The molecule has 0 radical (unpaired) electrons. The van der Waals surface area contributed by atoms with Gasteiger partial charge in [-0.1, -0.05) is 48.0 Å². The Morgan fingerprint density at radius 1 is 0.871 bits per heavy atom. The van der Waals surface area contributed by atoms with Crippen LogP contribution in [0.4, 0.5) is 5.69 Å². The summed E-state index contributed by atoms with van der Waals surface area (Å²) >= 11 is 0. The molecule has 0 saturated carbocycles. The molecule has 4 aromatic rings. The van der Waals surface area contributed by atoms with Gasteiger partial charge in [-0.05, 0) is 55.0 Å². The second-order valence-electron chi connectivity index (χ2n) is 7.09. The van der Waals surface area contributed by atoms with Crippen LogP contribution < -0.4 is 15.6 Å². The van der Waals surface area contributed by atoms with Crippen LogP contribution in [0, 0.1) is 6.92 Å². The van der Waals surface area contributed by atoms with Gasteiger partial charge in [0.05, 0.1) is 6.54 Å². The standard InChI is InChI=1S/C25H21N3O3/c1-18-7-11-21(12-8-18)31-22-13-9-20(10-14-22)26-25(30)23-15-16-24(29)28(27-23)17-19-5-3-2-4-6-19/h2-16H,17H2,1H3,(H,26,30). The van der Waals surface area contributed by atoms with Gasteiger partial charge in [0.1, 0.15) is 17.2 Å². The number of hydrogen-bond acceptors (Lipinski definition) is 4. The molecule has 1 amide bonds. The van der Waals surface area contributed by atoms with Gasteiger partial charge in [0.25, 0.3) is 11.5 Å². The molecule has 0 bridgehead atoms. The first-order chi connectivity index (χ1) is 15.1. The summed E-state index contributed by atoms with van der Waals surface area (Å²) < 4.78 is 7.08. The van der Waals surface area contributed by atoms with Crippen molar-refractivity contribution >= 4 is 11.6 Å². The molecule has 0 unspecified atom stereocenters. The number of benzene rings is 3. The minimum atomic E-state index is -0.394. The van der Waals surface area contributed by atoms with Crippen LogP contribution in [0.25, 0.3) is 0 Å². The number of aromatic nitrogens is 2. The van der Waals surface area contributed by atoms with E-state index in [4.69, 9.17) is 4.74 Å². The lowest BCUT2D eigenvalue weighted by molar-refractivity contribution is 0.102. The molecular weight excluding hydrogens is 390 g/mol. The lowest BCUT2D eigenvalue weighted by atomic mass is 10.2. The summed E-state index contributed by atoms with van der Waals surface area (Å²) in [6.07, 6.45) is 0. The minimum Gasteiger partial charge on any atom is -0.457 e. The molecule has 31 heavy (non-hydrogen) atoms. The molecule has 0 spiro atoms. The van der Waals surface area contributed by atoms with E-state index in [1.165, 1.54) is 16.8 Å². The maximum atomic E-state index is 12.6. The van der Waals surface area contributed by atoms with E-state index in [1.54, 1.807) is 24.3 Å². The fraction of sp³-hybridized carbons (Fsp3) is 0.0800. The fourth-order valence-corrected chi connectivity index (χ4v) is 2.98. The quantitative estimate of drug-likeness (QED) is 0.501. The Morgan fingerprint density at radius 2 is 1.52 bits per heavy atom. The van der Waals surface area contributed by atoms with Crippen molar-refractivity contribution in [3.8, 4) is 11.5 Å². The van der Waals surface area contributed by atoms with Crippen molar-refractivity contribution in [1.82, 2.24) is 9.78 Å². The number of carbonyl (C=O) groups is 1. The van der Waals surface area contributed by atoms with Gasteiger partial charge in [-0.15, -0.1) is 0 Å². The summed E-state index contributed by atoms with van der Waals surface area (Å²) in [6, 6.07) is 27.1. The van der Waals surface area contributed by atoms with Gasteiger partial charge in [0, 0.05) is 11.8 Å². The average molecular weight is 411 g/mol. The van der Waals surface area contributed by atoms with E-state index in [9.17, 15) is 9.59 Å². The van der Waals surface area contributed by atoms with Gasteiger partial charge >= 0.3 is 0 Å². The molecule has 1 N–H and O–H groups in total. The van der Waals surface area contributed by atoms with E-state index in [0.717, 1.165) is 16.9 Å². The Balaban J connectivity index is 1.43. The summed E-state index contributed by atoms with van der Waals surface area (Å²) in [5.41, 5.74) is 2.59. The van der Waals surface area contributed by atoms with Crippen molar-refractivity contribution in [2.24, 2.45) is 0 Å². The molecule has 0 aliphatic carbocycles. The second kappa shape index (κ2) is 9.09. The Bertz CT molecular complexity index is 1230. The van der Waals surface area contributed by atoms with Crippen molar-refractivity contribution < 1.29 is 9.53 Å². The monoisotopic (exact) mass is 411 g/mol. The first-order valence-corrected chi connectivity index (χ1v) is 9.85. The van der Waals surface area contributed by atoms with Crippen molar-refractivity contribution in [2.45, 2.75) is 13.5 Å². The predicted octanol–water partition coefficient (Wildman–Crippen LogP) is 4.64. The fourth-order valence-electron chi connectivity index (χ4n) is 2.98. The molecular formula is C25H21N3O3. The Hall–Kier alpha value is -4.19. The van der Waals surface area contributed by atoms with E-state index in [0.29, 0.717) is 18.0 Å². The lowest BCUT2D eigenvalue weighted by Gasteiger charge is -2.09. The number of nitrogens with zero attached hydrogens (tertiary/aromatic N) is 2. The smallest absolute Gasteiger partial charge is 0.276 e. The molecule has 0 aliphatic rings. The average Bonchev–Trinajstić information content (AvgIpc) is 2.79. The molecule has 0 fully saturated rings. The maximum Gasteiger partial charge on any atom is 0.276 e. The number of amides is 1. The van der Waals surface area contributed by atoms with E-state index in [2.05, 4.69) is 10.4 Å². The normalized spacial score (nSPS) is 10.5. The summed E-state index contributed by atoms with van der Waals surface area (Å²) in [4.78, 5) is 24.7. The number of rotatable bonds is 6. The van der Waals surface area contributed by atoms with Crippen molar-refractivity contribution in [3.05, 3.63) is 118 Å². The number of ether oxygens (including phenoxy) is 1. The van der Waals surface area contributed by atoms with E-state index >= 15 is 0 Å². The maximum absolute atomic E-state index is 12.6. The summed E-state index contributed by atoms with van der Waals surface area (Å²) in [5.74, 6) is 1.01. The highest BCUT2D eigenvalue weighted by atomic mass is 16.5. The van der Waals surface area contributed by atoms with Gasteiger partial charge in [-0.2, -0.15) is 5.10 Å². The highest BCUT2D eigenvalue weighted by Crippen LogP contribution is 2.23. The van der Waals surface area contributed by atoms with Gasteiger partial charge in [0.15, 0.2) is 0 Å². The Labute approximate surface area is 179 Å². The van der Waals surface area contributed by atoms with Gasteiger partial charge < -0.3 is 10.1 Å². The molecule has 6 nitrogen and oxygen atoms in total. The topological polar surface area (TPSA) is 73.2 Å². The van der Waals surface area contributed by atoms with Crippen LogP contribution in [-0.4, -0.2) is 15.7 Å². The molecule has 6 heteroatoms. The number of carbonyl (C=O) groups excluding carboxylic acids is 1. The van der Waals surface area contributed by atoms with Crippen LogP contribution in [0.1, 0.15) is 21.6 Å². The molecule has 154 valence electrons. The highest BCUT2D eigenvalue weighted by Gasteiger charge is 2.11. The van der Waals surface area contributed by atoms with Crippen molar-refractivity contribution in [1.29, 1.82) is 0 Å². The predicted molar refractivity (Wildman–Crippen MR) is 120 cm³/mol. The second-order valence-corrected chi connectivity index (χ2v) is 7.09. The number of nitrogens with one attached hydrogen (secondary N) is 1. The van der Waals surface area contributed by atoms with Crippen LogP contribution in [-0.2, 0) is 6.54 Å². The van der Waals surface area contributed by atoms with Crippen molar-refractivity contribution in [2.75, 3.05) is 5.32 Å². The SMILES string of the molecule is Cc1ccc(Oc2ccc(NC(=O)c3ccc(=O)n(Cc4ccccc4)n3)cc2)cc1. The van der Waals surface area contributed by atoms with E-state index in [1.807, 2.05) is 61.5 Å². The summed E-state index contributed by atoms with van der Waals surface area (Å²) in [5, 5.41) is 7.01. The van der Waals surface area contributed by atoms with Gasteiger partial charge in [-0.3, -0.25) is 9.59 Å². The lowest BCUT2D eigenvalue weighted by Crippen LogP contribution is -2.26.